The molecule has 0 aliphatic heterocycles. The molecule has 2 unspecified atom stereocenters. The van der Waals surface area contributed by atoms with Crippen molar-refractivity contribution in [3.8, 4) is 0 Å². The Balaban J connectivity index is 2.38. The third-order valence-corrected chi connectivity index (χ3v) is 3.94. The lowest BCUT2D eigenvalue weighted by molar-refractivity contribution is -0.137. The molecular weight excluding hydrogens is 312 g/mol. The minimum Gasteiger partial charge on any atom is -0.481 e. The molecule has 0 saturated carbocycles. The zero-order valence-electron chi connectivity index (χ0n) is 13.6. The Kier molecular flexibility index (Phi) is 5.62. The van der Waals surface area contributed by atoms with E-state index in [4.69, 9.17) is 5.11 Å². The number of carbonyl (C=O) groups is 2. The zero-order chi connectivity index (χ0) is 17.7. The van der Waals surface area contributed by atoms with Gasteiger partial charge >= 0.3 is 5.97 Å². The van der Waals surface area contributed by atoms with Gasteiger partial charge in [-0.2, -0.15) is 4.68 Å². The van der Waals surface area contributed by atoms with Gasteiger partial charge in [-0.1, -0.05) is 37.6 Å². The summed E-state index contributed by atoms with van der Waals surface area (Å²) in [7, 11) is 0. The van der Waals surface area contributed by atoms with Crippen LogP contribution in [0.15, 0.2) is 29.1 Å². The normalized spacial score (nSPS) is 13.4. The van der Waals surface area contributed by atoms with E-state index in [9.17, 15) is 14.4 Å². The number of hydrogen-bond acceptors (Lipinski definition) is 5. The molecule has 2 N–H and O–H groups in total. The van der Waals surface area contributed by atoms with Crippen molar-refractivity contribution >= 4 is 22.8 Å². The molecule has 0 saturated heterocycles. The maximum absolute atomic E-state index is 12.7. The van der Waals surface area contributed by atoms with Crippen molar-refractivity contribution in [2.45, 2.75) is 32.7 Å². The van der Waals surface area contributed by atoms with Crippen LogP contribution >= 0.6 is 0 Å². The highest BCUT2D eigenvalue weighted by Crippen LogP contribution is 2.19. The topological polar surface area (TPSA) is 114 Å². The van der Waals surface area contributed by atoms with E-state index in [1.54, 1.807) is 24.3 Å². The molecule has 0 aliphatic carbocycles. The molecular formula is C16H20N4O4. The van der Waals surface area contributed by atoms with Crippen molar-refractivity contribution in [2.24, 2.45) is 5.92 Å². The molecule has 1 heterocycles. The van der Waals surface area contributed by atoms with Gasteiger partial charge in [0.05, 0.1) is 11.8 Å². The van der Waals surface area contributed by atoms with Crippen LogP contribution in [0.3, 0.4) is 0 Å². The Morgan fingerprint density at radius 3 is 2.71 bits per heavy atom. The van der Waals surface area contributed by atoms with Crippen molar-refractivity contribution in [3.63, 3.8) is 0 Å². The molecule has 8 nitrogen and oxygen atoms in total. The summed E-state index contributed by atoms with van der Waals surface area (Å²) in [6.07, 6.45) is 0.467. The van der Waals surface area contributed by atoms with Crippen LogP contribution in [0.5, 0.6) is 0 Å². The molecule has 0 bridgehead atoms. The van der Waals surface area contributed by atoms with Crippen molar-refractivity contribution in [1.29, 1.82) is 0 Å². The largest absolute Gasteiger partial charge is 0.481 e. The molecule has 8 heteroatoms. The van der Waals surface area contributed by atoms with E-state index in [1.807, 2.05) is 13.8 Å². The second kappa shape index (κ2) is 7.67. The second-order valence-corrected chi connectivity index (χ2v) is 5.62. The van der Waals surface area contributed by atoms with Gasteiger partial charge in [0.1, 0.15) is 11.6 Å². The maximum Gasteiger partial charge on any atom is 0.305 e. The fraction of sp³-hybridized carbons (Fsp3) is 0.438. The molecule has 2 rings (SSSR count). The van der Waals surface area contributed by atoms with Crippen molar-refractivity contribution in [3.05, 3.63) is 34.6 Å². The molecule has 0 fully saturated rings. The first-order chi connectivity index (χ1) is 11.5. The van der Waals surface area contributed by atoms with Crippen LogP contribution in [0.25, 0.3) is 10.9 Å². The van der Waals surface area contributed by atoms with Gasteiger partial charge in [-0.05, 0) is 18.1 Å². The first kappa shape index (κ1) is 17.6. The molecule has 1 aromatic carbocycles. The van der Waals surface area contributed by atoms with Crippen LogP contribution < -0.4 is 10.9 Å². The first-order valence-corrected chi connectivity index (χ1v) is 7.79. The Morgan fingerprint density at radius 2 is 2.04 bits per heavy atom. The minimum atomic E-state index is -1.00. The Morgan fingerprint density at radius 1 is 1.33 bits per heavy atom. The minimum absolute atomic E-state index is 0.00311. The summed E-state index contributed by atoms with van der Waals surface area (Å²) >= 11 is 0. The number of aliphatic carboxylic acids is 1. The van der Waals surface area contributed by atoms with E-state index in [0.29, 0.717) is 17.3 Å². The fourth-order valence-corrected chi connectivity index (χ4v) is 2.42. The highest BCUT2D eigenvalue weighted by atomic mass is 16.4. The van der Waals surface area contributed by atoms with E-state index < -0.39 is 17.9 Å². The SMILES string of the molecule is CCC(C)C(C(=O)NCCC(=O)O)n1nnc2ccccc2c1=O. The summed E-state index contributed by atoms with van der Waals surface area (Å²) in [6, 6.07) is 5.96. The average Bonchev–Trinajstić information content (AvgIpc) is 2.56. The van der Waals surface area contributed by atoms with Crippen LogP contribution in [0, 0.1) is 5.92 Å². The Bertz CT molecular complexity index is 802. The van der Waals surface area contributed by atoms with Gasteiger partial charge in [0.15, 0.2) is 0 Å². The number of amides is 1. The number of rotatable bonds is 7. The van der Waals surface area contributed by atoms with E-state index in [2.05, 4.69) is 15.6 Å². The van der Waals surface area contributed by atoms with Gasteiger partial charge < -0.3 is 10.4 Å². The second-order valence-electron chi connectivity index (χ2n) is 5.62. The van der Waals surface area contributed by atoms with Crippen molar-refractivity contribution < 1.29 is 14.7 Å². The number of benzene rings is 1. The van der Waals surface area contributed by atoms with E-state index in [1.165, 1.54) is 0 Å². The Labute approximate surface area is 138 Å². The quantitative estimate of drug-likeness (QED) is 0.781. The number of carboxylic acids is 1. The third kappa shape index (κ3) is 3.76. The summed E-state index contributed by atoms with van der Waals surface area (Å²) in [5, 5.41) is 19.5. The van der Waals surface area contributed by atoms with E-state index in [0.717, 1.165) is 4.68 Å². The summed E-state index contributed by atoms with van der Waals surface area (Å²) < 4.78 is 1.09. The number of fused-ring (bicyclic) bond motifs is 1. The highest BCUT2D eigenvalue weighted by Gasteiger charge is 2.28. The van der Waals surface area contributed by atoms with Crippen LogP contribution in [0.1, 0.15) is 32.7 Å². The lowest BCUT2D eigenvalue weighted by atomic mass is 9.98. The highest BCUT2D eigenvalue weighted by molar-refractivity contribution is 5.82. The van der Waals surface area contributed by atoms with Gasteiger partial charge in [0.2, 0.25) is 5.91 Å². The number of carboxylic acid groups (broad SMARTS) is 1. The molecule has 2 aromatic rings. The molecule has 128 valence electrons. The van der Waals surface area contributed by atoms with E-state index >= 15 is 0 Å². The molecule has 0 aliphatic rings. The average molecular weight is 332 g/mol. The van der Waals surface area contributed by atoms with Gasteiger partial charge in [0, 0.05) is 6.54 Å². The van der Waals surface area contributed by atoms with Crippen molar-refractivity contribution in [1.82, 2.24) is 20.3 Å². The number of nitrogens with zero attached hydrogens (tertiary/aromatic N) is 3. The molecule has 0 spiro atoms. The van der Waals surface area contributed by atoms with Gasteiger partial charge in [-0.25, -0.2) is 0 Å². The monoisotopic (exact) mass is 332 g/mol. The molecule has 1 aromatic heterocycles. The van der Waals surface area contributed by atoms with Gasteiger partial charge in [-0.3, -0.25) is 14.4 Å². The summed E-state index contributed by atoms with van der Waals surface area (Å²) in [6.45, 7) is 3.74. The number of carbonyl (C=O) groups excluding carboxylic acids is 1. The Hall–Kier alpha value is -2.77. The van der Waals surface area contributed by atoms with Crippen LogP contribution in [0.4, 0.5) is 0 Å². The van der Waals surface area contributed by atoms with Crippen LogP contribution in [-0.4, -0.2) is 38.5 Å². The molecule has 2 atom stereocenters. The molecule has 24 heavy (non-hydrogen) atoms. The van der Waals surface area contributed by atoms with Gasteiger partial charge in [-0.15, -0.1) is 5.10 Å². The first-order valence-electron chi connectivity index (χ1n) is 7.79. The lowest BCUT2D eigenvalue weighted by Gasteiger charge is -2.22. The summed E-state index contributed by atoms with van der Waals surface area (Å²) in [5.41, 5.74) is 0.0761. The fourth-order valence-electron chi connectivity index (χ4n) is 2.42. The maximum atomic E-state index is 12.7. The van der Waals surface area contributed by atoms with Crippen LogP contribution in [-0.2, 0) is 9.59 Å². The molecule has 0 radical (unpaired) electrons. The number of aromatic nitrogens is 3. The number of hydrogen-bond donors (Lipinski definition) is 2. The predicted octanol–water partition coefficient (Wildman–Crippen LogP) is 0.970. The standard InChI is InChI=1S/C16H20N4O4/c1-3-10(2)14(15(23)17-9-8-13(21)22)20-16(24)11-6-4-5-7-12(11)18-19-20/h4-7,10,14H,3,8-9H2,1-2H3,(H,17,23)(H,21,22). The summed E-state index contributed by atoms with van der Waals surface area (Å²) in [4.78, 5) is 35.7. The van der Waals surface area contributed by atoms with Crippen LogP contribution in [0.2, 0.25) is 0 Å². The summed E-state index contributed by atoms with van der Waals surface area (Å²) in [5.74, 6) is -1.60. The van der Waals surface area contributed by atoms with E-state index in [-0.39, 0.29) is 24.4 Å². The lowest BCUT2D eigenvalue weighted by Crippen LogP contribution is -2.42. The zero-order valence-corrected chi connectivity index (χ0v) is 13.6. The number of nitrogens with one attached hydrogen (secondary N) is 1. The predicted molar refractivity (Wildman–Crippen MR) is 87.6 cm³/mol. The van der Waals surface area contributed by atoms with Crippen molar-refractivity contribution in [2.75, 3.05) is 6.54 Å². The van der Waals surface area contributed by atoms with Gasteiger partial charge in [0.25, 0.3) is 5.56 Å². The molecule has 1 amide bonds. The third-order valence-electron chi connectivity index (χ3n) is 3.94. The smallest absolute Gasteiger partial charge is 0.305 e.